The van der Waals surface area contributed by atoms with Crippen molar-refractivity contribution in [2.75, 3.05) is 6.54 Å². The Morgan fingerprint density at radius 1 is 1.43 bits per heavy atom. The second-order valence-electron chi connectivity index (χ2n) is 2.77. The first-order valence-electron chi connectivity index (χ1n) is 3.91. The topological polar surface area (TPSA) is 80.4 Å². The maximum atomic E-state index is 10.9. The van der Waals surface area contributed by atoms with Crippen molar-refractivity contribution < 1.29 is 13.0 Å². The molecule has 1 rings (SSSR count). The van der Waals surface area contributed by atoms with Crippen molar-refractivity contribution in [3.8, 4) is 0 Å². The highest BCUT2D eigenvalue weighted by molar-refractivity contribution is 7.85. The lowest BCUT2D eigenvalue weighted by atomic mass is 10.1. The van der Waals surface area contributed by atoms with Crippen molar-refractivity contribution in [1.29, 1.82) is 0 Å². The molecule has 0 spiro atoms. The monoisotopic (exact) mass is 235 g/mol. The highest BCUT2D eigenvalue weighted by Gasteiger charge is 2.15. The highest BCUT2D eigenvalue weighted by atomic mass is 35.5. The zero-order valence-corrected chi connectivity index (χ0v) is 8.85. The Labute approximate surface area is 87.4 Å². The predicted molar refractivity (Wildman–Crippen MR) is 54.0 cm³/mol. The first-order chi connectivity index (χ1) is 6.45. The summed E-state index contributed by atoms with van der Waals surface area (Å²) in [4.78, 5) is -0.171. The Hall–Kier alpha value is -0.620. The summed E-state index contributed by atoms with van der Waals surface area (Å²) in [5.41, 5.74) is 5.77. The van der Waals surface area contributed by atoms with E-state index in [1.807, 2.05) is 0 Å². The zero-order chi connectivity index (χ0) is 10.8. The molecule has 0 bridgehead atoms. The van der Waals surface area contributed by atoms with Crippen LogP contribution in [-0.4, -0.2) is 19.5 Å². The summed E-state index contributed by atoms with van der Waals surface area (Å²) in [5, 5.41) is 0.262. The van der Waals surface area contributed by atoms with Crippen molar-refractivity contribution in [3.63, 3.8) is 0 Å². The van der Waals surface area contributed by atoms with E-state index in [9.17, 15) is 8.42 Å². The number of rotatable bonds is 3. The summed E-state index contributed by atoms with van der Waals surface area (Å²) in [6.45, 7) is 0.310. The Bertz CT molecular complexity index is 430. The second kappa shape index (κ2) is 4.27. The fraction of sp³-hybridized carbons (Fsp3) is 0.250. The maximum absolute atomic E-state index is 10.9. The van der Waals surface area contributed by atoms with Crippen LogP contribution in [0.2, 0.25) is 5.02 Å². The highest BCUT2D eigenvalue weighted by Crippen LogP contribution is 2.20. The molecule has 6 heteroatoms. The van der Waals surface area contributed by atoms with Crippen LogP contribution in [0.1, 0.15) is 5.56 Å². The van der Waals surface area contributed by atoms with Crippen molar-refractivity contribution in [2.45, 2.75) is 11.3 Å². The summed E-state index contributed by atoms with van der Waals surface area (Å²) in [5.74, 6) is 0. The van der Waals surface area contributed by atoms with Crippen LogP contribution in [0.3, 0.4) is 0 Å². The van der Waals surface area contributed by atoms with Gasteiger partial charge in [0.2, 0.25) is 0 Å². The van der Waals surface area contributed by atoms with Crippen LogP contribution in [0.5, 0.6) is 0 Å². The van der Waals surface area contributed by atoms with Gasteiger partial charge in [-0.25, -0.2) is 0 Å². The number of nitrogens with two attached hydrogens (primary N) is 1. The lowest BCUT2D eigenvalue weighted by Crippen LogP contribution is -2.08. The quantitative estimate of drug-likeness (QED) is 0.769. The van der Waals surface area contributed by atoms with E-state index in [0.29, 0.717) is 18.5 Å². The molecule has 0 heterocycles. The summed E-state index contributed by atoms with van der Waals surface area (Å²) >= 11 is 5.62. The van der Waals surface area contributed by atoms with Gasteiger partial charge in [-0.15, -0.1) is 0 Å². The summed E-state index contributed by atoms with van der Waals surface area (Å²) in [6.07, 6.45) is 0.381. The largest absolute Gasteiger partial charge is 0.330 e. The predicted octanol–water partition coefficient (Wildman–Crippen LogP) is 1.09. The van der Waals surface area contributed by atoms with E-state index in [1.165, 1.54) is 12.1 Å². The Morgan fingerprint density at radius 3 is 2.57 bits per heavy atom. The van der Waals surface area contributed by atoms with Crippen LogP contribution in [0.4, 0.5) is 0 Å². The first-order valence-corrected chi connectivity index (χ1v) is 5.73. The molecule has 14 heavy (non-hydrogen) atoms. The molecule has 0 amide bonds. The third-order valence-corrected chi connectivity index (χ3v) is 2.89. The van der Waals surface area contributed by atoms with Crippen LogP contribution >= 0.6 is 11.6 Å². The molecule has 3 N–H and O–H groups in total. The third-order valence-electron chi connectivity index (χ3n) is 1.72. The van der Waals surface area contributed by atoms with Gasteiger partial charge in [0.25, 0.3) is 10.1 Å². The zero-order valence-electron chi connectivity index (χ0n) is 7.27. The van der Waals surface area contributed by atoms with Crippen molar-refractivity contribution >= 4 is 21.7 Å². The molecular formula is C8H10ClNO3S. The van der Waals surface area contributed by atoms with E-state index in [2.05, 4.69) is 0 Å². The number of halogens is 1. The van der Waals surface area contributed by atoms with E-state index in [-0.39, 0.29) is 9.92 Å². The average Bonchev–Trinajstić information content (AvgIpc) is 2.07. The SMILES string of the molecule is NCCc1ccc(Cl)cc1S(=O)(=O)O. The van der Waals surface area contributed by atoms with Gasteiger partial charge in [-0.1, -0.05) is 17.7 Å². The minimum absolute atomic E-state index is 0.171. The minimum atomic E-state index is -4.22. The smallest absolute Gasteiger partial charge is 0.294 e. The number of benzene rings is 1. The molecule has 0 unspecified atom stereocenters. The molecule has 1 aromatic rings. The molecule has 4 nitrogen and oxygen atoms in total. The molecule has 0 saturated carbocycles. The molecule has 78 valence electrons. The molecule has 0 aliphatic rings. The molecule has 0 saturated heterocycles. The lowest BCUT2D eigenvalue weighted by molar-refractivity contribution is 0.482. The van der Waals surface area contributed by atoms with E-state index >= 15 is 0 Å². The van der Waals surface area contributed by atoms with Gasteiger partial charge in [0.1, 0.15) is 0 Å². The van der Waals surface area contributed by atoms with Gasteiger partial charge in [0.15, 0.2) is 0 Å². The molecule has 0 radical (unpaired) electrons. The summed E-state index contributed by atoms with van der Waals surface area (Å²) in [7, 11) is -4.22. The number of hydrogen-bond donors (Lipinski definition) is 2. The van der Waals surface area contributed by atoms with Crippen LogP contribution in [0, 0.1) is 0 Å². The summed E-state index contributed by atoms with van der Waals surface area (Å²) < 4.78 is 30.8. The maximum Gasteiger partial charge on any atom is 0.294 e. The normalized spacial score (nSPS) is 11.6. The molecule has 0 atom stereocenters. The van der Waals surface area contributed by atoms with Crippen molar-refractivity contribution in [2.24, 2.45) is 5.73 Å². The van der Waals surface area contributed by atoms with Gasteiger partial charge < -0.3 is 5.73 Å². The van der Waals surface area contributed by atoms with Crippen molar-refractivity contribution in [3.05, 3.63) is 28.8 Å². The molecule has 0 aliphatic heterocycles. The molecule has 0 aliphatic carbocycles. The molecule has 0 aromatic heterocycles. The fourth-order valence-electron chi connectivity index (χ4n) is 1.13. The van der Waals surface area contributed by atoms with Crippen LogP contribution in [0.15, 0.2) is 23.1 Å². The van der Waals surface area contributed by atoms with Gasteiger partial charge in [0.05, 0.1) is 4.90 Å². The van der Waals surface area contributed by atoms with E-state index < -0.39 is 10.1 Å². The Morgan fingerprint density at radius 2 is 2.07 bits per heavy atom. The fourth-order valence-corrected chi connectivity index (χ4v) is 2.14. The van der Waals surface area contributed by atoms with Crippen LogP contribution in [0.25, 0.3) is 0 Å². The Kier molecular flexibility index (Phi) is 3.49. The minimum Gasteiger partial charge on any atom is -0.330 e. The van der Waals surface area contributed by atoms with Gasteiger partial charge >= 0.3 is 0 Å². The average molecular weight is 236 g/mol. The lowest BCUT2D eigenvalue weighted by Gasteiger charge is -2.05. The van der Waals surface area contributed by atoms with Gasteiger partial charge in [-0.3, -0.25) is 4.55 Å². The second-order valence-corrected chi connectivity index (χ2v) is 4.59. The van der Waals surface area contributed by atoms with E-state index in [4.69, 9.17) is 21.9 Å². The van der Waals surface area contributed by atoms with Gasteiger partial charge in [-0.05, 0) is 30.7 Å². The first kappa shape index (κ1) is 11.5. The number of hydrogen-bond acceptors (Lipinski definition) is 3. The van der Waals surface area contributed by atoms with Crippen LogP contribution in [-0.2, 0) is 16.5 Å². The molecule has 1 aromatic carbocycles. The van der Waals surface area contributed by atoms with Gasteiger partial charge in [-0.2, -0.15) is 8.42 Å². The molecular weight excluding hydrogens is 226 g/mol. The summed E-state index contributed by atoms with van der Waals surface area (Å²) in [6, 6.07) is 4.31. The van der Waals surface area contributed by atoms with Crippen LogP contribution < -0.4 is 5.73 Å². The van der Waals surface area contributed by atoms with E-state index in [0.717, 1.165) is 0 Å². The van der Waals surface area contributed by atoms with Gasteiger partial charge in [0, 0.05) is 5.02 Å². The molecule has 0 fully saturated rings. The third kappa shape index (κ3) is 2.68. The Balaban J connectivity index is 3.30. The van der Waals surface area contributed by atoms with Crippen molar-refractivity contribution in [1.82, 2.24) is 0 Å². The van der Waals surface area contributed by atoms with E-state index in [1.54, 1.807) is 6.07 Å². The standard InChI is InChI=1S/C8H10ClNO3S/c9-7-2-1-6(3-4-10)8(5-7)14(11,12)13/h1-2,5H,3-4,10H2,(H,11,12,13).